The maximum absolute atomic E-state index is 12.3. The van der Waals surface area contributed by atoms with Gasteiger partial charge in [-0.25, -0.2) is 0 Å². The van der Waals surface area contributed by atoms with Gasteiger partial charge in [0, 0.05) is 6.04 Å². The van der Waals surface area contributed by atoms with E-state index in [0.717, 1.165) is 18.4 Å². The summed E-state index contributed by atoms with van der Waals surface area (Å²) in [4.78, 5) is 36.7. The molecule has 0 radical (unpaired) electrons. The lowest BCUT2D eigenvalue weighted by Crippen LogP contribution is -2.31. The van der Waals surface area contributed by atoms with Gasteiger partial charge in [0.25, 0.3) is 11.8 Å². The van der Waals surface area contributed by atoms with Crippen molar-refractivity contribution in [2.75, 3.05) is 0 Å². The predicted molar refractivity (Wildman–Crippen MR) is 66.0 cm³/mol. The van der Waals surface area contributed by atoms with Gasteiger partial charge in [-0.1, -0.05) is 6.07 Å². The number of benzene rings is 1. The zero-order valence-corrected chi connectivity index (χ0v) is 10.5. The van der Waals surface area contributed by atoms with Crippen LogP contribution in [0, 0.1) is 6.92 Å². The standard InChI is InChI=1S/C14H13NO4/c1-7-4-8(6-11(16)17)12-10(5-7)13(18)15(14(12)19)9-2-3-9/h4-5,9H,2-3,6H2,1H3,(H,16,17). The molecule has 1 aromatic carbocycles. The summed E-state index contributed by atoms with van der Waals surface area (Å²) in [5, 5.41) is 8.92. The first-order valence-corrected chi connectivity index (χ1v) is 6.22. The Hall–Kier alpha value is -2.17. The fraction of sp³-hybridized carbons (Fsp3) is 0.357. The summed E-state index contributed by atoms with van der Waals surface area (Å²) in [6.45, 7) is 1.79. The highest BCUT2D eigenvalue weighted by atomic mass is 16.4. The van der Waals surface area contributed by atoms with Crippen LogP contribution in [-0.4, -0.2) is 33.8 Å². The van der Waals surface area contributed by atoms with Gasteiger partial charge in [0.15, 0.2) is 0 Å². The van der Waals surface area contributed by atoms with Gasteiger partial charge in [-0.3, -0.25) is 19.3 Å². The van der Waals surface area contributed by atoms with Crippen molar-refractivity contribution < 1.29 is 19.5 Å². The quantitative estimate of drug-likeness (QED) is 0.832. The average Bonchev–Trinajstić information content (AvgIpc) is 3.08. The molecule has 1 aliphatic carbocycles. The fourth-order valence-electron chi connectivity index (χ4n) is 2.59. The van der Waals surface area contributed by atoms with Crippen molar-refractivity contribution >= 4 is 17.8 Å². The Balaban J connectivity index is 2.12. The molecule has 1 heterocycles. The molecule has 1 N–H and O–H groups in total. The third-order valence-electron chi connectivity index (χ3n) is 3.50. The zero-order chi connectivity index (χ0) is 13.7. The number of imide groups is 1. The molecule has 98 valence electrons. The molecule has 3 rings (SSSR count). The number of carboxylic acid groups (broad SMARTS) is 1. The maximum Gasteiger partial charge on any atom is 0.307 e. The molecule has 1 fully saturated rings. The summed E-state index contributed by atoms with van der Waals surface area (Å²) >= 11 is 0. The number of aliphatic carboxylic acids is 1. The number of carbonyl (C=O) groups excluding carboxylic acids is 2. The molecule has 5 nitrogen and oxygen atoms in total. The Morgan fingerprint density at radius 3 is 2.58 bits per heavy atom. The van der Waals surface area contributed by atoms with Crippen LogP contribution in [0.4, 0.5) is 0 Å². The van der Waals surface area contributed by atoms with Crippen molar-refractivity contribution in [2.24, 2.45) is 0 Å². The summed E-state index contributed by atoms with van der Waals surface area (Å²) in [5.74, 6) is -1.62. The minimum atomic E-state index is -1.00. The summed E-state index contributed by atoms with van der Waals surface area (Å²) < 4.78 is 0. The number of carboxylic acids is 1. The first-order valence-electron chi connectivity index (χ1n) is 6.22. The molecule has 0 atom stereocenters. The van der Waals surface area contributed by atoms with Crippen LogP contribution in [0.5, 0.6) is 0 Å². The lowest BCUT2D eigenvalue weighted by Gasteiger charge is -2.11. The molecule has 0 saturated heterocycles. The van der Waals surface area contributed by atoms with E-state index in [1.165, 1.54) is 4.90 Å². The van der Waals surface area contributed by atoms with E-state index in [9.17, 15) is 14.4 Å². The molecule has 0 unspecified atom stereocenters. The smallest absolute Gasteiger partial charge is 0.307 e. The molecule has 1 saturated carbocycles. The SMILES string of the molecule is Cc1cc(CC(=O)O)c2c(c1)C(=O)N(C1CC1)C2=O. The Morgan fingerprint density at radius 2 is 2.00 bits per heavy atom. The van der Waals surface area contributed by atoms with Crippen LogP contribution in [0.15, 0.2) is 12.1 Å². The van der Waals surface area contributed by atoms with Crippen LogP contribution in [-0.2, 0) is 11.2 Å². The predicted octanol–water partition coefficient (Wildman–Crippen LogP) is 1.38. The van der Waals surface area contributed by atoms with E-state index in [2.05, 4.69) is 0 Å². The van der Waals surface area contributed by atoms with E-state index < -0.39 is 5.97 Å². The van der Waals surface area contributed by atoms with Crippen LogP contribution < -0.4 is 0 Å². The number of aryl methyl sites for hydroxylation is 1. The molecule has 0 bridgehead atoms. The Bertz CT molecular complexity index is 616. The molecule has 1 aliphatic heterocycles. The van der Waals surface area contributed by atoms with Gasteiger partial charge in [0.2, 0.25) is 0 Å². The van der Waals surface area contributed by atoms with Gasteiger partial charge in [-0.05, 0) is 37.0 Å². The van der Waals surface area contributed by atoms with Gasteiger partial charge in [-0.2, -0.15) is 0 Å². The van der Waals surface area contributed by atoms with Gasteiger partial charge in [-0.15, -0.1) is 0 Å². The third kappa shape index (κ3) is 1.82. The number of fused-ring (bicyclic) bond motifs is 1. The minimum absolute atomic E-state index is 0.00499. The van der Waals surface area contributed by atoms with Gasteiger partial charge < -0.3 is 5.11 Å². The van der Waals surface area contributed by atoms with E-state index in [0.29, 0.717) is 11.1 Å². The van der Waals surface area contributed by atoms with E-state index >= 15 is 0 Å². The number of nitrogens with zero attached hydrogens (tertiary/aromatic N) is 1. The highest BCUT2D eigenvalue weighted by Crippen LogP contribution is 2.36. The van der Waals surface area contributed by atoms with E-state index in [-0.39, 0.29) is 29.8 Å². The second kappa shape index (κ2) is 3.91. The summed E-state index contributed by atoms with van der Waals surface area (Å²) in [6.07, 6.45) is 1.46. The molecule has 5 heteroatoms. The topological polar surface area (TPSA) is 74.7 Å². The van der Waals surface area contributed by atoms with Crippen molar-refractivity contribution in [3.63, 3.8) is 0 Å². The molecule has 19 heavy (non-hydrogen) atoms. The van der Waals surface area contributed by atoms with Gasteiger partial charge in [0.05, 0.1) is 17.5 Å². The lowest BCUT2D eigenvalue weighted by atomic mass is 9.97. The molecule has 0 aromatic heterocycles. The summed E-state index contributed by atoms with van der Waals surface area (Å²) in [7, 11) is 0. The van der Waals surface area contributed by atoms with Crippen LogP contribution in [0.3, 0.4) is 0 Å². The molecular formula is C14H13NO4. The second-order valence-electron chi connectivity index (χ2n) is 5.13. The number of hydrogen-bond acceptors (Lipinski definition) is 3. The summed E-state index contributed by atoms with van der Waals surface area (Å²) in [5.41, 5.74) is 1.87. The highest BCUT2D eigenvalue weighted by Gasteiger charge is 2.45. The maximum atomic E-state index is 12.3. The number of amides is 2. The molecular weight excluding hydrogens is 246 g/mol. The molecule has 1 aromatic rings. The van der Waals surface area contributed by atoms with Crippen LogP contribution in [0.2, 0.25) is 0 Å². The Morgan fingerprint density at radius 1 is 1.32 bits per heavy atom. The fourth-order valence-corrected chi connectivity index (χ4v) is 2.59. The average molecular weight is 259 g/mol. The molecule has 2 amide bonds. The summed E-state index contributed by atoms with van der Waals surface area (Å²) in [6, 6.07) is 3.35. The van der Waals surface area contributed by atoms with Crippen LogP contribution in [0.25, 0.3) is 0 Å². The van der Waals surface area contributed by atoms with Crippen molar-refractivity contribution in [3.05, 3.63) is 34.4 Å². The third-order valence-corrected chi connectivity index (χ3v) is 3.50. The Kier molecular flexibility index (Phi) is 2.45. The van der Waals surface area contributed by atoms with Crippen LogP contribution >= 0.6 is 0 Å². The Labute approximate surface area is 109 Å². The zero-order valence-electron chi connectivity index (χ0n) is 10.5. The monoisotopic (exact) mass is 259 g/mol. The van der Waals surface area contributed by atoms with Gasteiger partial charge in [0.1, 0.15) is 0 Å². The number of carbonyl (C=O) groups is 3. The van der Waals surface area contributed by atoms with Crippen molar-refractivity contribution in [1.82, 2.24) is 4.90 Å². The second-order valence-corrected chi connectivity index (χ2v) is 5.13. The molecule has 0 spiro atoms. The largest absolute Gasteiger partial charge is 0.481 e. The van der Waals surface area contributed by atoms with E-state index in [4.69, 9.17) is 5.11 Å². The lowest BCUT2D eigenvalue weighted by molar-refractivity contribution is -0.136. The number of rotatable bonds is 3. The normalized spacial score (nSPS) is 17.8. The van der Waals surface area contributed by atoms with E-state index in [1.807, 2.05) is 0 Å². The first kappa shape index (κ1) is 11.9. The highest BCUT2D eigenvalue weighted by molar-refractivity contribution is 6.22. The van der Waals surface area contributed by atoms with E-state index in [1.54, 1.807) is 19.1 Å². The van der Waals surface area contributed by atoms with Crippen molar-refractivity contribution in [1.29, 1.82) is 0 Å². The minimum Gasteiger partial charge on any atom is -0.481 e. The van der Waals surface area contributed by atoms with Gasteiger partial charge >= 0.3 is 5.97 Å². The van der Waals surface area contributed by atoms with Crippen LogP contribution in [0.1, 0.15) is 44.7 Å². The van der Waals surface area contributed by atoms with Crippen molar-refractivity contribution in [2.45, 2.75) is 32.2 Å². The number of hydrogen-bond donors (Lipinski definition) is 1. The first-order chi connectivity index (χ1) is 8.99. The van der Waals surface area contributed by atoms with Crippen molar-refractivity contribution in [3.8, 4) is 0 Å². The molecule has 2 aliphatic rings.